The maximum absolute atomic E-state index is 11.0. The van der Waals surface area contributed by atoms with Crippen LogP contribution < -0.4 is 0 Å². The van der Waals surface area contributed by atoms with E-state index in [9.17, 15) is 4.79 Å². The molecular weight excluding hydrogens is 176 g/mol. The van der Waals surface area contributed by atoms with Crippen molar-refractivity contribution in [3.8, 4) is 0 Å². The van der Waals surface area contributed by atoms with Crippen molar-refractivity contribution in [3.05, 3.63) is 0 Å². The Morgan fingerprint density at radius 3 is 3.17 bits per heavy atom. The lowest BCUT2D eigenvalue weighted by Crippen LogP contribution is -2.25. The van der Waals surface area contributed by atoms with Gasteiger partial charge >= 0.3 is 5.97 Å². The molecule has 4 heteroatoms. The molecule has 0 N–H and O–H groups in total. The molecule has 1 fully saturated rings. The molecule has 1 rings (SSSR count). The van der Waals surface area contributed by atoms with Crippen LogP contribution in [0.25, 0.3) is 0 Å². The summed E-state index contributed by atoms with van der Waals surface area (Å²) in [5.41, 5.74) is 0. The average Bonchev–Trinajstić information content (AvgIpc) is 2.06. The van der Waals surface area contributed by atoms with Crippen molar-refractivity contribution in [2.24, 2.45) is 0 Å². The summed E-state index contributed by atoms with van der Waals surface area (Å²) in [4.78, 5) is 11.0. The Kier molecular flexibility index (Phi) is 4.46. The number of hydrogen-bond donors (Lipinski definition) is 0. The van der Waals surface area contributed by atoms with Crippen LogP contribution in [0.1, 0.15) is 26.2 Å². The van der Waals surface area contributed by atoms with E-state index in [2.05, 4.69) is 0 Å². The Bertz CT molecular complexity index is 143. The molecule has 1 unspecified atom stereocenters. The van der Waals surface area contributed by atoms with Gasteiger partial charge in [0.2, 0.25) is 0 Å². The van der Waals surface area contributed by atoms with Gasteiger partial charge in [-0.3, -0.25) is 4.79 Å². The highest BCUT2D eigenvalue weighted by Gasteiger charge is 2.17. The van der Waals surface area contributed by atoms with Crippen LogP contribution in [0.5, 0.6) is 0 Å². The lowest BCUT2D eigenvalue weighted by Gasteiger charge is -2.20. The van der Waals surface area contributed by atoms with E-state index in [4.69, 9.17) is 8.92 Å². The van der Waals surface area contributed by atoms with Gasteiger partial charge in [-0.05, 0) is 18.5 Å². The van der Waals surface area contributed by atoms with Gasteiger partial charge in [-0.1, -0.05) is 6.92 Å². The predicted molar refractivity (Wildman–Crippen MR) is 47.8 cm³/mol. The van der Waals surface area contributed by atoms with Gasteiger partial charge in [-0.15, -0.1) is 0 Å². The fourth-order valence-corrected chi connectivity index (χ4v) is 1.68. The number of ether oxygens (including phenoxy) is 1. The Morgan fingerprint density at radius 2 is 2.58 bits per heavy atom. The zero-order valence-corrected chi connectivity index (χ0v) is 8.06. The van der Waals surface area contributed by atoms with Crippen molar-refractivity contribution in [3.63, 3.8) is 0 Å². The Hall–Kier alpha value is -0.220. The molecule has 1 aliphatic heterocycles. The average molecular weight is 190 g/mol. The second kappa shape index (κ2) is 5.43. The first kappa shape index (κ1) is 9.86. The summed E-state index contributed by atoms with van der Waals surface area (Å²) in [6, 6.07) is 0. The summed E-state index contributed by atoms with van der Waals surface area (Å²) < 4.78 is 10.3. The minimum Gasteiger partial charge on any atom is -0.461 e. The molecule has 0 saturated carbocycles. The summed E-state index contributed by atoms with van der Waals surface area (Å²) in [5.74, 6) is 0.695. The molecule has 70 valence electrons. The quantitative estimate of drug-likeness (QED) is 0.502. The van der Waals surface area contributed by atoms with Crippen molar-refractivity contribution >= 4 is 18.0 Å². The molecule has 1 atom stereocenters. The molecule has 0 aliphatic carbocycles. The van der Waals surface area contributed by atoms with Gasteiger partial charge in [0.05, 0.1) is 12.4 Å². The van der Waals surface area contributed by atoms with Crippen molar-refractivity contribution in [1.82, 2.24) is 0 Å². The van der Waals surface area contributed by atoms with Gasteiger partial charge in [-0.2, -0.15) is 0 Å². The first-order valence-corrected chi connectivity index (χ1v) is 5.18. The molecule has 0 aromatic heterocycles. The summed E-state index contributed by atoms with van der Waals surface area (Å²) in [7, 11) is 0. The minimum absolute atomic E-state index is 0.0720. The molecule has 0 spiro atoms. The maximum Gasteiger partial charge on any atom is 0.306 e. The summed E-state index contributed by atoms with van der Waals surface area (Å²) in [6.07, 6.45) is 2.29. The molecule has 12 heavy (non-hydrogen) atoms. The van der Waals surface area contributed by atoms with Crippen LogP contribution in [0.2, 0.25) is 0 Å². The van der Waals surface area contributed by atoms with Crippen LogP contribution in [0.15, 0.2) is 0 Å². The Labute approximate surface area is 77.0 Å². The van der Waals surface area contributed by atoms with Gasteiger partial charge in [-0.25, -0.2) is 0 Å². The Morgan fingerprint density at radius 1 is 1.75 bits per heavy atom. The van der Waals surface area contributed by atoms with Crippen LogP contribution in [0.4, 0.5) is 0 Å². The fourth-order valence-electron chi connectivity index (χ4n) is 0.988. The van der Waals surface area contributed by atoms with Crippen molar-refractivity contribution in [2.45, 2.75) is 32.3 Å². The third-order valence-electron chi connectivity index (χ3n) is 1.61. The summed E-state index contributed by atoms with van der Waals surface area (Å²) in [5, 5.41) is 0. The van der Waals surface area contributed by atoms with Gasteiger partial charge in [0.25, 0.3) is 0 Å². The van der Waals surface area contributed by atoms with Crippen LogP contribution in [-0.2, 0) is 13.7 Å². The zero-order chi connectivity index (χ0) is 8.81. The monoisotopic (exact) mass is 190 g/mol. The first-order valence-electron chi connectivity index (χ1n) is 4.27. The molecule has 1 heterocycles. The minimum atomic E-state index is -0.0787. The third-order valence-corrected chi connectivity index (χ3v) is 2.45. The van der Waals surface area contributed by atoms with Crippen LogP contribution >= 0.6 is 12.0 Å². The SMILES string of the molecule is CCCC(=O)OC1CCOSC1. The van der Waals surface area contributed by atoms with Crippen LogP contribution in [-0.4, -0.2) is 24.4 Å². The molecule has 0 aromatic rings. The highest BCUT2D eigenvalue weighted by atomic mass is 32.2. The van der Waals surface area contributed by atoms with Gasteiger partial charge in [0.15, 0.2) is 0 Å². The predicted octanol–water partition coefficient (Wildman–Crippen LogP) is 1.77. The zero-order valence-electron chi connectivity index (χ0n) is 7.25. The second-order valence-corrected chi connectivity index (χ2v) is 3.56. The highest BCUT2D eigenvalue weighted by Crippen LogP contribution is 2.17. The van der Waals surface area contributed by atoms with E-state index >= 15 is 0 Å². The smallest absolute Gasteiger partial charge is 0.306 e. The first-order chi connectivity index (χ1) is 5.83. The Balaban J connectivity index is 2.15. The third kappa shape index (κ3) is 3.45. The molecule has 0 bridgehead atoms. The molecule has 1 aliphatic rings. The van der Waals surface area contributed by atoms with E-state index in [0.717, 1.165) is 18.6 Å². The number of rotatable bonds is 3. The lowest BCUT2D eigenvalue weighted by atomic mass is 10.3. The molecule has 1 saturated heterocycles. The van der Waals surface area contributed by atoms with Gasteiger partial charge in [0, 0.05) is 12.8 Å². The van der Waals surface area contributed by atoms with E-state index in [1.165, 1.54) is 12.0 Å². The molecular formula is C8H14O3S. The van der Waals surface area contributed by atoms with E-state index in [1.807, 2.05) is 6.92 Å². The molecule has 0 amide bonds. The van der Waals surface area contributed by atoms with Crippen molar-refractivity contribution in [2.75, 3.05) is 12.4 Å². The van der Waals surface area contributed by atoms with Crippen molar-refractivity contribution in [1.29, 1.82) is 0 Å². The summed E-state index contributed by atoms with van der Waals surface area (Å²) >= 11 is 1.39. The number of hydrogen-bond acceptors (Lipinski definition) is 4. The second-order valence-electron chi connectivity index (χ2n) is 2.76. The summed E-state index contributed by atoms with van der Waals surface area (Å²) in [6.45, 7) is 2.66. The van der Waals surface area contributed by atoms with Crippen LogP contribution in [0, 0.1) is 0 Å². The lowest BCUT2D eigenvalue weighted by molar-refractivity contribution is -0.148. The maximum atomic E-state index is 11.0. The largest absolute Gasteiger partial charge is 0.461 e. The topological polar surface area (TPSA) is 35.5 Å². The van der Waals surface area contributed by atoms with E-state index in [1.54, 1.807) is 0 Å². The van der Waals surface area contributed by atoms with Crippen LogP contribution in [0.3, 0.4) is 0 Å². The van der Waals surface area contributed by atoms with Gasteiger partial charge in [0.1, 0.15) is 6.10 Å². The highest BCUT2D eigenvalue weighted by molar-refractivity contribution is 7.94. The van der Waals surface area contributed by atoms with E-state index < -0.39 is 0 Å². The standard InChI is InChI=1S/C8H14O3S/c1-2-3-8(9)11-7-4-5-10-12-6-7/h7H,2-6H2,1H3. The van der Waals surface area contributed by atoms with E-state index in [0.29, 0.717) is 13.0 Å². The van der Waals surface area contributed by atoms with Gasteiger partial charge < -0.3 is 8.92 Å². The fraction of sp³-hybridized carbons (Fsp3) is 0.875. The molecule has 0 aromatic carbocycles. The van der Waals surface area contributed by atoms with E-state index in [-0.39, 0.29) is 12.1 Å². The normalized spacial score (nSPS) is 23.6. The number of carbonyl (C=O) groups is 1. The number of esters is 1. The van der Waals surface area contributed by atoms with Crippen molar-refractivity contribution < 1.29 is 13.7 Å². The number of carbonyl (C=O) groups excluding carboxylic acids is 1. The molecule has 0 radical (unpaired) electrons. The molecule has 3 nitrogen and oxygen atoms in total.